The van der Waals surface area contributed by atoms with Crippen LogP contribution >= 0.6 is 11.8 Å². The zero-order chi connectivity index (χ0) is 15.9. The fraction of sp³-hybridized carbons (Fsp3) is 0.700. The Hall–Kier alpha value is -0.430. The number of rotatable bonds is 2. The summed E-state index contributed by atoms with van der Waals surface area (Å²) in [6, 6.07) is 2.47. The molecule has 1 aliphatic rings. The van der Waals surface area contributed by atoms with Crippen molar-refractivity contribution in [2.45, 2.75) is 78.4 Å². The lowest BCUT2D eigenvalue weighted by molar-refractivity contribution is 0.531. The predicted octanol–water partition coefficient (Wildman–Crippen LogP) is 6.41. The number of hydrogen-bond donors (Lipinski definition) is 0. The van der Waals surface area contributed by atoms with Gasteiger partial charge in [0.2, 0.25) is 0 Å². The van der Waals surface area contributed by atoms with Crippen LogP contribution in [0.1, 0.15) is 87.1 Å². The largest absolute Gasteiger partial charge is 0.158 e. The van der Waals surface area contributed by atoms with Crippen LogP contribution in [0.4, 0.5) is 0 Å². The highest BCUT2D eigenvalue weighted by molar-refractivity contribution is 7.99. The molecule has 0 N–H and O–H groups in total. The molecule has 1 aromatic rings. The second kappa shape index (κ2) is 6.36. The number of benzene rings is 1. The highest BCUT2D eigenvalue weighted by Gasteiger charge is 2.33. The maximum atomic E-state index is 2.47. The van der Waals surface area contributed by atoms with Gasteiger partial charge >= 0.3 is 0 Å². The molecule has 1 aliphatic heterocycles. The minimum absolute atomic E-state index is 0.616. The van der Waals surface area contributed by atoms with Gasteiger partial charge in [0.15, 0.2) is 0 Å². The van der Waals surface area contributed by atoms with Crippen LogP contribution in [-0.4, -0.2) is 11.0 Å². The van der Waals surface area contributed by atoms with Crippen molar-refractivity contribution in [1.82, 2.24) is 0 Å². The summed E-state index contributed by atoms with van der Waals surface area (Å²) in [6.07, 6.45) is 0. The van der Waals surface area contributed by atoms with Crippen molar-refractivity contribution >= 4 is 11.8 Å². The third-order valence-electron chi connectivity index (χ3n) is 5.46. The molecule has 0 saturated heterocycles. The van der Waals surface area contributed by atoms with E-state index in [1.807, 2.05) is 0 Å². The molecule has 1 heteroatoms. The number of fused-ring (bicyclic) bond motifs is 1. The van der Waals surface area contributed by atoms with Gasteiger partial charge in [-0.05, 0) is 65.3 Å². The van der Waals surface area contributed by atoms with E-state index < -0.39 is 0 Å². The van der Waals surface area contributed by atoms with E-state index in [1.165, 1.54) is 11.3 Å². The molecular weight excluding hydrogens is 272 g/mol. The monoisotopic (exact) mass is 304 g/mol. The molecule has 0 spiro atoms. The molecule has 0 radical (unpaired) electrons. The van der Waals surface area contributed by atoms with Gasteiger partial charge in [0.05, 0.1) is 0 Å². The number of thioether (sulfide) groups is 1. The van der Waals surface area contributed by atoms with Gasteiger partial charge in [-0.3, -0.25) is 0 Å². The first kappa shape index (κ1) is 16.9. The van der Waals surface area contributed by atoms with E-state index in [9.17, 15) is 0 Å². The normalized spacial score (nSPS) is 26.1. The van der Waals surface area contributed by atoms with Crippen LogP contribution in [0.15, 0.2) is 6.07 Å². The van der Waals surface area contributed by atoms with Crippen molar-refractivity contribution in [2.75, 3.05) is 5.75 Å². The molecule has 0 nitrogen and oxygen atoms in total. The third kappa shape index (κ3) is 3.04. The molecule has 2 rings (SSSR count). The molecule has 0 fully saturated rings. The van der Waals surface area contributed by atoms with Crippen LogP contribution < -0.4 is 0 Å². The highest BCUT2D eigenvalue weighted by atomic mass is 32.2. The predicted molar refractivity (Wildman–Crippen MR) is 97.9 cm³/mol. The molecule has 3 atom stereocenters. The Morgan fingerprint density at radius 1 is 1.05 bits per heavy atom. The Kier molecular flexibility index (Phi) is 5.13. The average molecular weight is 305 g/mol. The Labute approximate surface area is 136 Å². The third-order valence-corrected chi connectivity index (χ3v) is 6.95. The molecule has 1 heterocycles. The molecular formula is C20H32S. The van der Waals surface area contributed by atoms with Crippen molar-refractivity contribution in [2.24, 2.45) is 5.92 Å². The Balaban J connectivity index is 2.79. The van der Waals surface area contributed by atoms with E-state index >= 15 is 0 Å². The summed E-state index contributed by atoms with van der Waals surface area (Å²) < 4.78 is 0. The quantitative estimate of drug-likeness (QED) is 0.608. The number of aryl methyl sites for hydroxylation is 1. The topological polar surface area (TPSA) is 0 Å². The van der Waals surface area contributed by atoms with E-state index in [1.54, 1.807) is 22.3 Å². The second-order valence-corrected chi connectivity index (χ2v) is 8.98. The maximum absolute atomic E-state index is 2.47. The van der Waals surface area contributed by atoms with Gasteiger partial charge in [-0.1, -0.05) is 47.6 Å². The zero-order valence-electron chi connectivity index (χ0n) is 15.1. The van der Waals surface area contributed by atoms with Crippen LogP contribution in [0, 0.1) is 19.8 Å². The highest BCUT2D eigenvalue weighted by Crippen LogP contribution is 2.47. The van der Waals surface area contributed by atoms with E-state index in [0.29, 0.717) is 28.9 Å². The molecule has 0 bridgehead atoms. The number of hydrogen-bond acceptors (Lipinski definition) is 1. The van der Waals surface area contributed by atoms with Gasteiger partial charge in [0, 0.05) is 11.0 Å². The summed E-state index contributed by atoms with van der Waals surface area (Å²) in [4.78, 5) is 0. The van der Waals surface area contributed by atoms with E-state index in [2.05, 4.69) is 73.2 Å². The van der Waals surface area contributed by atoms with Crippen LogP contribution in [0.2, 0.25) is 0 Å². The van der Waals surface area contributed by atoms with Gasteiger partial charge in [-0.2, -0.15) is 11.8 Å². The summed E-state index contributed by atoms with van der Waals surface area (Å²) in [5.74, 6) is 3.97. The lowest BCUT2D eigenvalue weighted by atomic mass is 9.75. The Morgan fingerprint density at radius 2 is 1.67 bits per heavy atom. The fourth-order valence-corrected chi connectivity index (χ4v) is 5.20. The van der Waals surface area contributed by atoms with Crippen LogP contribution in [0.3, 0.4) is 0 Å². The summed E-state index contributed by atoms with van der Waals surface area (Å²) in [7, 11) is 0. The van der Waals surface area contributed by atoms with Crippen molar-refractivity contribution in [3.63, 3.8) is 0 Å². The average Bonchev–Trinajstić information content (AvgIpc) is 2.52. The standard InChI is InChI=1S/C20H32S/c1-11(2)17-9-13(5)14(6)19-15(7)16(8)21-10-18(12(3)4)20(17)19/h9,11-12,15-16,18H,10H2,1-8H3/t15-,16+,18?/m0/s1. The lowest BCUT2D eigenvalue weighted by Crippen LogP contribution is -2.16. The smallest absolute Gasteiger partial charge is 0.00852 e. The van der Waals surface area contributed by atoms with Gasteiger partial charge < -0.3 is 0 Å². The van der Waals surface area contributed by atoms with E-state index in [4.69, 9.17) is 0 Å². The summed E-state index contributed by atoms with van der Waals surface area (Å²) >= 11 is 2.17. The van der Waals surface area contributed by atoms with Crippen LogP contribution in [0.25, 0.3) is 0 Å². The summed E-state index contributed by atoms with van der Waals surface area (Å²) in [6.45, 7) is 19.0. The molecule has 1 aromatic carbocycles. The van der Waals surface area contributed by atoms with Gasteiger partial charge in [-0.15, -0.1) is 0 Å². The van der Waals surface area contributed by atoms with Crippen molar-refractivity contribution in [3.8, 4) is 0 Å². The molecule has 0 amide bonds. The van der Waals surface area contributed by atoms with Crippen LogP contribution in [0.5, 0.6) is 0 Å². The summed E-state index contributed by atoms with van der Waals surface area (Å²) in [5, 5.41) is 0.716. The fourth-order valence-electron chi connectivity index (χ4n) is 3.71. The second-order valence-electron chi connectivity index (χ2n) is 7.57. The lowest BCUT2D eigenvalue weighted by Gasteiger charge is -2.29. The maximum Gasteiger partial charge on any atom is 0.00852 e. The zero-order valence-corrected chi connectivity index (χ0v) is 15.9. The minimum atomic E-state index is 0.616. The van der Waals surface area contributed by atoms with Crippen molar-refractivity contribution in [3.05, 3.63) is 33.9 Å². The van der Waals surface area contributed by atoms with Gasteiger partial charge in [0.1, 0.15) is 0 Å². The van der Waals surface area contributed by atoms with Gasteiger partial charge in [-0.25, -0.2) is 0 Å². The van der Waals surface area contributed by atoms with Crippen LogP contribution in [-0.2, 0) is 0 Å². The first-order valence-electron chi connectivity index (χ1n) is 8.51. The molecule has 118 valence electrons. The first-order valence-corrected chi connectivity index (χ1v) is 9.56. The SMILES string of the molecule is Cc1cc(C(C)C)c2c(c1C)[C@@H](C)[C@@H](C)SCC2C(C)C. The molecule has 21 heavy (non-hydrogen) atoms. The molecule has 0 saturated carbocycles. The molecule has 1 unspecified atom stereocenters. The Morgan fingerprint density at radius 3 is 2.19 bits per heavy atom. The van der Waals surface area contributed by atoms with E-state index in [0.717, 1.165) is 0 Å². The Bertz CT molecular complexity index is 513. The minimum Gasteiger partial charge on any atom is -0.158 e. The van der Waals surface area contributed by atoms with Crippen molar-refractivity contribution in [1.29, 1.82) is 0 Å². The van der Waals surface area contributed by atoms with E-state index in [-0.39, 0.29) is 0 Å². The van der Waals surface area contributed by atoms with Gasteiger partial charge in [0.25, 0.3) is 0 Å². The first-order chi connectivity index (χ1) is 9.75. The molecule has 0 aromatic heterocycles. The molecule has 0 aliphatic carbocycles. The van der Waals surface area contributed by atoms with Crippen molar-refractivity contribution < 1.29 is 0 Å². The summed E-state index contributed by atoms with van der Waals surface area (Å²) in [5.41, 5.74) is 8.00.